The third kappa shape index (κ3) is 1.62. The first-order chi connectivity index (χ1) is 10.3. The van der Waals surface area contributed by atoms with Crippen molar-refractivity contribution in [2.24, 2.45) is 0 Å². The van der Waals surface area contributed by atoms with E-state index in [2.05, 4.69) is 19.9 Å². The van der Waals surface area contributed by atoms with Crippen LogP contribution in [0.3, 0.4) is 0 Å². The predicted molar refractivity (Wildman–Crippen MR) is 77.1 cm³/mol. The normalized spacial score (nSPS) is 11.2. The molecule has 1 N–H and O–H groups in total. The van der Waals surface area contributed by atoms with Gasteiger partial charge in [0.25, 0.3) is 0 Å². The number of carboxylic acid groups (broad SMARTS) is 1. The fraction of sp³-hybridized carbons (Fsp3) is 0. The third-order valence-corrected chi connectivity index (χ3v) is 3.34. The Morgan fingerprint density at radius 3 is 2.05 bits per heavy atom. The second kappa shape index (κ2) is 4.17. The number of benzene rings is 1. The summed E-state index contributed by atoms with van der Waals surface area (Å²) < 4.78 is 0. The number of fused-ring (bicyclic) bond motifs is 6. The molecule has 0 fully saturated rings. The smallest absolute Gasteiger partial charge is 0.356 e. The zero-order valence-electron chi connectivity index (χ0n) is 10.7. The second-order valence-electron chi connectivity index (χ2n) is 4.56. The molecule has 0 amide bonds. The van der Waals surface area contributed by atoms with E-state index in [1.165, 1.54) is 6.20 Å². The zero-order chi connectivity index (χ0) is 14.4. The lowest BCUT2D eigenvalue weighted by molar-refractivity contribution is 0.0690. The quantitative estimate of drug-likeness (QED) is 0.537. The van der Waals surface area contributed by atoms with Crippen LogP contribution < -0.4 is 0 Å². The maximum Gasteiger partial charge on any atom is 0.356 e. The summed E-state index contributed by atoms with van der Waals surface area (Å²) in [7, 11) is 0. The Labute approximate surface area is 118 Å². The molecular formula is C15H8N4O2. The zero-order valence-corrected chi connectivity index (χ0v) is 10.7. The summed E-state index contributed by atoms with van der Waals surface area (Å²) in [4.78, 5) is 28.3. The highest BCUT2D eigenvalue weighted by atomic mass is 16.4. The number of pyridine rings is 2. The predicted octanol–water partition coefficient (Wildman–Crippen LogP) is 2.42. The van der Waals surface area contributed by atoms with E-state index in [4.69, 9.17) is 5.11 Å². The van der Waals surface area contributed by atoms with Gasteiger partial charge in [-0.2, -0.15) is 0 Å². The van der Waals surface area contributed by atoms with Crippen LogP contribution in [0.2, 0.25) is 0 Å². The number of nitrogens with zero attached hydrogens (tertiary/aromatic N) is 4. The molecule has 3 heterocycles. The number of rotatable bonds is 1. The van der Waals surface area contributed by atoms with Crippen LogP contribution in [0.4, 0.5) is 0 Å². The first-order valence-electron chi connectivity index (χ1n) is 6.27. The molecule has 100 valence electrons. The fourth-order valence-corrected chi connectivity index (χ4v) is 2.45. The highest BCUT2D eigenvalue weighted by molar-refractivity contribution is 6.20. The largest absolute Gasteiger partial charge is 0.476 e. The van der Waals surface area contributed by atoms with Crippen LogP contribution in [0.1, 0.15) is 10.5 Å². The summed E-state index contributed by atoms with van der Waals surface area (Å²) in [5.74, 6) is -1.10. The van der Waals surface area contributed by atoms with Crippen LogP contribution in [-0.2, 0) is 0 Å². The van der Waals surface area contributed by atoms with E-state index in [9.17, 15) is 4.79 Å². The molecule has 0 unspecified atom stereocenters. The number of aromatic carboxylic acids is 1. The molecule has 0 radical (unpaired) electrons. The number of hydrogen-bond donors (Lipinski definition) is 1. The summed E-state index contributed by atoms with van der Waals surface area (Å²) in [6, 6.07) is 7.32. The summed E-state index contributed by atoms with van der Waals surface area (Å²) in [5, 5.41) is 10.7. The molecule has 4 aromatic rings. The Morgan fingerprint density at radius 2 is 1.43 bits per heavy atom. The van der Waals surface area contributed by atoms with Gasteiger partial charge in [0, 0.05) is 23.2 Å². The topological polar surface area (TPSA) is 88.9 Å². The molecule has 0 saturated carbocycles. The van der Waals surface area contributed by atoms with Crippen molar-refractivity contribution in [3.63, 3.8) is 0 Å². The minimum atomic E-state index is -1.10. The van der Waals surface area contributed by atoms with Gasteiger partial charge in [-0.1, -0.05) is 0 Å². The molecule has 21 heavy (non-hydrogen) atoms. The third-order valence-electron chi connectivity index (χ3n) is 3.34. The molecule has 0 aliphatic heterocycles. The maximum absolute atomic E-state index is 11.1. The highest BCUT2D eigenvalue weighted by Crippen LogP contribution is 2.30. The monoisotopic (exact) mass is 276 g/mol. The maximum atomic E-state index is 11.1. The van der Waals surface area contributed by atoms with Gasteiger partial charge in [0.1, 0.15) is 0 Å². The molecule has 4 rings (SSSR count). The van der Waals surface area contributed by atoms with Crippen LogP contribution in [0, 0.1) is 0 Å². The van der Waals surface area contributed by atoms with E-state index >= 15 is 0 Å². The molecule has 0 spiro atoms. The molecule has 0 saturated heterocycles. The molecule has 3 aromatic heterocycles. The van der Waals surface area contributed by atoms with Crippen LogP contribution >= 0.6 is 0 Å². The molecule has 6 heteroatoms. The average molecular weight is 276 g/mol. The van der Waals surface area contributed by atoms with Crippen molar-refractivity contribution in [1.29, 1.82) is 0 Å². The van der Waals surface area contributed by atoms with Gasteiger partial charge in [0.2, 0.25) is 0 Å². The summed E-state index contributed by atoms with van der Waals surface area (Å²) >= 11 is 0. The number of carbonyl (C=O) groups is 1. The Bertz CT molecular complexity index is 995. The molecule has 0 aliphatic rings. The Hall–Kier alpha value is -3.15. The lowest BCUT2D eigenvalue weighted by atomic mass is 10.1. The van der Waals surface area contributed by atoms with Gasteiger partial charge in [-0.05, 0) is 24.3 Å². The minimum Gasteiger partial charge on any atom is -0.476 e. The van der Waals surface area contributed by atoms with Crippen LogP contribution in [0.25, 0.3) is 32.8 Å². The van der Waals surface area contributed by atoms with Gasteiger partial charge in [-0.3, -0.25) is 15.0 Å². The van der Waals surface area contributed by atoms with E-state index in [1.54, 1.807) is 18.5 Å². The first kappa shape index (κ1) is 11.7. The second-order valence-corrected chi connectivity index (χ2v) is 4.56. The van der Waals surface area contributed by atoms with E-state index in [0.29, 0.717) is 16.6 Å². The molecular weight excluding hydrogens is 268 g/mol. The molecule has 0 aliphatic carbocycles. The van der Waals surface area contributed by atoms with Crippen molar-refractivity contribution < 1.29 is 9.90 Å². The van der Waals surface area contributed by atoms with E-state index in [-0.39, 0.29) is 5.69 Å². The lowest BCUT2D eigenvalue weighted by Gasteiger charge is -2.07. The first-order valence-corrected chi connectivity index (χ1v) is 6.27. The van der Waals surface area contributed by atoms with Crippen molar-refractivity contribution in [2.45, 2.75) is 0 Å². The Morgan fingerprint density at radius 1 is 0.857 bits per heavy atom. The SMILES string of the molecule is O=C(O)c1cnc2c3cccnc3c3ncccc3c2n1. The Kier molecular flexibility index (Phi) is 2.32. The van der Waals surface area contributed by atoms with Crippen molar-refractivity contribution in [2.75, 3.05) is 0 Å². The van der Waals surface area contributed by atoms with Gasteiger partial charge in [-0.25, -0.2) is 9.78 Å². The highest BCUT2D eigenvalue weighted by Gasteiger charge is 2.14. The lowest BCUT2D eigenvalue weighted by Crippen LogP contribution is -2.02. The molecule has 1 aromatic carbocycles. The van der Waals surface area contributed by atoms with E-state index in [1.807, 2.05) is 18.2 Å². The summed E-state index contributed by atoms with van der Waals surface area (Å²) in [6.07, 6.45) is 4.64. The number of aromatic nitrogens is 4. The molecule has 0 bridgehead atoms. The number of hydrogen-bond acceptors (Lipinski definition) is 5. The summed E-state index contributed by atoms with van der Waals surface area (Å²) in [5.41, 5.74) is 2.49. The van der Waals surface area contributed by atoms with Gasteiger partial charge in [0.15, 0.2) is 5.69 Å². The number of carboxylic acids is 1. The van der Waals surface area contributed by atoms with Crippen molar-refractivity contribution >= 4 is 38.8 Å². The van der Waals surface area contributed by atoms with E-state index in [0.717, 1.165) is 16.3 Å². The molecule has 0 atom stereocenters. The van der Waals surface area contributed by atoms with Crippen molar-refractivity contribution in [1.82, 2.24) is 19.9 Å². The van der Waals surface area contributed by atoms with Crippen LogP contribution in [0.5, 0.6) is 0 Å². The van der Waals surface area contributed by atoms with Gasteiger partial charge in [-0.15, -0.1) is 0 Å². The fourth-order valence-electron chi connectivity index (χ4n) is 2.45. The average Bonchev–Trinajstić information content (AvgIpc) is 2.54. The minimum absolute atomic E-state index is 0.0871. The van der Waals surface area contributed by atoms with Crippen molar-refractivity contribution in [3.05, 3.63) is 48.5 Å². The Balaban J connectivity index is 2.33. The standard InChI is InChI=1S/C15H8N4O2/c20-15(21)10-7-18-13-8-3-1-5-16-11(8)12-9(14(13)19-10)4-2-6-17-12/h1-7H,(H,20,21). The van der Waals surface area contributed by atoms with Gasteiger partial charge < -0.3 is 5.11 Å². The van der Waals surface area contributed by atoms with Gasteiger partial charge >= 0.3 is 5.97 Å². The van der Waals surface area contributed by atoms with Gasteiger partial charge in [0.05, 0.1) is 28.3 Å². The van der Waals surface area contributed by atoms with Crippen LogP contribution in [-0.4, -0.2) is 31.0 Å². The van der Waals surface area contributed by atoms with E-state index < -0.39 is 5.97 Å². The van der Waals surface area contributed by atoms with Crippen molar-refractivity contribution in [3.8, 4) is 0 Å². The molecule has 6 nitrogen and oxygen atoms in total. The van der Waals surface area contributed by atoms with Crippen LogP contribution in [0.15, 0.2) is 42.9 Å². The summed E-state index contributed by atoms with van der Waals surface area (Å²) in [6.45, 7) is 0.